The van der Waals surface area contributed by atoms with E-state index in [0.717, 1.165) is 5.56 Å². The highest BCUT2D eigenvalue weighted by molar-refractivity contribution is 6.30. The summed E-state index contributed by atoms with van der Waals surface area (Å²) < 4.78 is 6.48. The second-order valence-corrected chi connectivity index (χ2v) is 6.87. The molecule has 2 aromatic heterocycles. The van der Waals surface area contributed by atoms with Gasteiger partial charge < -0.3 is 10.1 Å². The maximum absolute atomic E-state index is 13.2. The van der Waals surface area contributed by atoms with Crippen LogP contribution in [0, 0.1) is 0 Å². The molecule has 4 aromatic rings. The first-order valence-corrected chi connectivity index (χ1v) is 9.56. The number of hydrogen-bond donors (Lipinski definition) is 1. The summed E-state index contributed by atoms with van der Waals surface area (Å²) in [4.78, 5) is 21.8. The molecule has 0 aliphatic heterocycles. The number of aromatic nitrogens is 4. The Morgan fingerprint density at radius 3 is 2.77 bits per heavy atom. The first kappa shape index (κ1) is 19.6. The van der Waals surface area contributed by atoms with Crippen LogP contribution in [0.3, 0.4) is 0 Å². The molecule has 0 aliphatic carbocycles. The summed E-state index contributed by atoms with van der Waals surface area (Å²) >= 11 is 6.07. The Morgan fingerprint density at radius 2 is 2.00 bits per heavy atom. The number of ether oxygens (including phenoxy) is 1. The van der Waals surface area contributed by atoms with Gasteiger partial charge in [0.25, 0.3) is 5.91 Å². The molecule has 150 valence electrons. The molecule has 0 bridgehead atoms. The molecule has 7 nitrogen and oxygen atoms in total. The van der Waals surface area contributed by atoms with Crippen LogP contribution in [-0.2, 0) is 6.54 Å². The number of halogens is 1. The SMILES string of the molecule is COc1cccc(C(=O)n2nc(-c3cccnc3)nc2NCc2cccc(Cl)c2)c1. The first-order valence-electron chi connectivity index (χ1n) is 9.18. The van der Waals surface area contributed by atoms with Gasteiger partial charge in [-0.1, -0.05) is 29.8 Å². The van der Waals surface area contributed by atoms with Crippen LogP contribution in [0.2, 0.25) is 5.02 Å². The van der Waals surface area contributed by atoms with Crippen molar-refractivity contribution in [3.63, 3.8) is 0 Å². The number of nitrogens with one attached hydrogen (secondary N) is 1. The lowest BCUT2D eigenvalue weighted by atomic mass is 10.2. The number of pyridine rings is 1. The molecule has 0 aliphatic rings. The van der Waals surface area contributed by atoms with E-state index in [-0.39, 0.29) is 5.91 Å². The summed E-state index contributed by atoms with van der Waals surface area (Å²) in [6.07, 6.45) is 3.32. The Kier molecular flexibility index (Phi) is 5.72. The molecule has 2 aromatic carbocycles. The topological polar surface area (TPSA) is 81.9 Å². The average molecular weight is 420 g/mol. The molecule has 0 saturated carbocycles. The summed E-state index contributed by atoms with van der Waals surface area (Å²) in [5.74, 6) is 0.974. The molecule has 1 N–H and O–H groups in total. The van der Waals surface area contributed by atoms with Crippen LogP contribution >= 0.6 is 11.6 Å². The van der Waals surface area contributed by atoms with Crippen LogP contribution in [0.4, 0.5) is 5.95 Å². The van der Waals surface area contributed by atoms with Gasteiger partial charge in [0.15, 0.2) is 5.82 Å². The lowest BCUT2D eigenvalue weighted by molar-refractivity contribution is 0.0947. The quantitative estimate of drug-likeness (QED) is 0.501. The van der Waals surface area contributed by atoms with Crippen LogP contribution in [-0.4, -0.2) is 32.8 Å². The van der Waals surface area contributed by atoms with Gasteiger partial charge >= 0.3 is 0 Å². The van der Waals surface area contributed by atoms with Crippen LogP contribution in [0.1, 0.15) is 15.9 Å². The van der Waals surface area contributed by atoms with Crippen molar-refractivity contribution in [1.29, 1.82) is 0 Å². The molecule has 0 radical (unpaired) electrons. The molecule has 0 amide bonds. The first-order chi connectivity index (χ1) is 14.6. The Balaban J connectivity index is 1.69. The summed E-state index contributed by atoms with van der Waals surface area (Å²) in [6.45, 7) is 0.428. The molecular formula is C22H18ClN5O2. The van der Waals surface area contributed by atoms with E-state index in [9.17, 15) is 4.79 Å². The van der Waals surface area contributed by atoms with Gasteiger partial charge in [-0.2, -0.15) is 9.67 Å². The van der Waals surface area contributed by atoms with Crippen molar-refractivity contribution >= 4 is 23.5 Å². The van der Waals surface area contributed by atoms with E-state index in [1.54, 1.807) is 55.9 Å². The van der Waals surface area contributed by atoms with Gasteiger partial charge in [-0.3, -0.25) is 9.78 Å². The fourth-order valence-electron chi connectivity index (χ4n) is 2.89. The van der Waals surface area contributed by atoms with Crippen LogP contribution in [0.15, 0.2) is 73.1 Å². The standard InChI is InChI=1S/C22H18ClN5O2/c1-30-19-9-3-6-16(12-19)21(29)28-22(25-13-15-5-2-8-18(23)11-15)26-20(27-28)17-7-4-10-24-14-17/h2-12,14H,13H2,1H3,(H,25,26,27). The summed E-state index contributed by atoms with van der Waals surface area (Å²) in [7, 11) is 1.55. The summed E-state index contributed by atoms with van der Waals surface area (Å²) in [5.41, 5.74) is 2.09. The van der Waals surface area contributed by atoms with Gasteiger partial charge in [0.2, 0.25) is 5.95 Å². The number of anilines is 1. The van der Waals surface area contributed by atoms with Gasteiger partial charge in [-0.05, 0) is 48.0 Å². The molecule has 0 fully saturated rings. The van der Waals surface area contributed by atoms with Gasteiger partial charge in [0.1, 0.15) is 5.75 Å². The molecular weight excluding hydrogens is 402 g/mol. The monoisotopic (exact) mass is 419 g/mol. The largest absolute Gasteiger partial charge is 0.497 e. The van der Waals surface area contributed by atoms with E-state index in [0.29, 0.717) is 40.2 Å². The second kappa shape index (κ2) is 8.75. The zero-order chi connectivity index (χ0) is 20.9. The van der Waals surface area contributed by atoms with Crippen molar-refractivity contribution in [1.82, 2.24) is 19.7 Å². The van der Waals surface area contributed by atoms with Crippen molar-refractivity contribution < 1.29 is 9.53 Å². The number of carbonyl (C=O) groups excluding carboxylic acids is 1. The predicted octanol–water partition coefficient (Wildman–Crippen LogP) is 4.30. The summed E-state index contributed by atoms with van der Waals surface area (Å²) in [6, 6.07) is 18.0. The van der Waals surface area contributed by atoms with Gasteiger partial charge in [0, 0.05) is 35.1 Å². The third kappa shape index (κ3) is 4.31. The van der Waals surface area contributed by atoms with Crippen molar-refractivity contribution in [3.05, 3.63) is 89.2 Å². The van der Waals surface area contributed by atoms with Crippen molar-refractivity contribution in [3.8, 4) is 17.1 Å². The Bertz CT molecular complexity index is 1180. The molecule has 0 unspecified atom stereocenters. The van der Waals surface area contributed by atoms with Crippen LogP contribution in [0.5, 0.6) is 5.75 Å². The highest BCUT2D eigenvalue weighted by Gasteiger charge is 2.19. The molecule has 2 heterocycles. The second-order valence-electron chi connectivity index (χ2n) is 6.43. The highest BCUT2D eigenvalue weighted by Crippen LogP contribution is 2.20. The number of carbonyl (C=O) groups is 1. The van der Waals surface area contributed by atoms with Gasteiger partial charge in [-0.25, -0.2) is 0 Å². The lowest BCUT2D eigenvalue weighted by Gasteiger charge is -2.08. The van der Waals surface area contributed by atoms with E-state index >= 15 is 0 Å². The minimum absolute atomic E-state index is 0.321. The van der Waals surface area contributed by atoms with Crippen LogP contribution < -0.4 is 10.1 Å². The third-order valence-corrected chi connectivity index (χ3v) is 4.61. The van der Waals surface area contributed by atoms with E-state index in [2.05, 4.69) is 20.4 Å². The minimum Gasteiger partial charge on any atom is -0.497 e. The predicted molar refractivity (Wildman–Crippen MR) is 115 cm³/mol. The molecule has 0 spiro atoms. The smallest absolute Gasteiger partial charge is 0.281 e. The molecule has 0 saturated heterocycles. The molecule has 8 heteroatoms. The molecule has 30 heavy (non-hydrogen) atoms. The zero-order valence-electron chi connectivity index (χ0n) is 16.1. The minimum atomic E-state index is -0.329. The van der Waals surface area contributed by atoms with Crippen molar-refractivity contribution in [2.24, 2.45) is 0 Å². The molecule has 4 rings (SSSR count). The zero-order valence-corrected chi connectivity index (χ0v) is 16.9. The maximum Gasteiger partial charge on any atom is 0.281 e. The Labute approximate surface area is 178 Å². The highest BCUT2D eigenvalue weighted by atomic mass is 35.5. The summed E-state index contributed by atoms with van der Waals surface area (Å²) in [5, 5.41) is 8.25. The van der Waals surface area contributed by atoms with E-state index < -0.39 is 0 Å². The van der Waals surface area contributed by atoms with E-state index in [1.165, 1.54) is 4.68 Å². The number of benzene rings is 2. The Hall–Kier alpha value is -3.71. The van der Waals surface area contributed by atoms with E-state index in [4.69, 9.17) is 16.3 Å². The fourth-order valence-corrected chi connectivity index (χ4v) is 3.10. The van der Waals surface area contributed by atoms with Gasteiger partial charge in [-0.15, -0.1) is 5.10 Å². The maximum atomic E-state index is 13.2. The normalized spacial score (nSPS) is 10.6. The average Bonchev–Trinajstić information content (AvgIpc) is 3.22. The number of methoxy groups -OCH3 is 1. The van der Waals surface area contributed by atoms with Gasteiger partial charge in [0.05, 0.1) is 7.11 Å². The van der Waals surface area contributed by atoms with Crippen LogP contribution in [0.25, 0.3) is 11.4 Å². The number of hydrogen-bond acceptors (Lipinski definition) is 6. The van der Waals surface area contributed by atoms with Crippen molar-refractivity contribution in [2.75, 3.05) is 12.4 Å². The number of nitrogens with zero attached hydrogens (tertiary/aromatic N) is 4. The lowest BCUT2D eigenvalue weighted by Crippen LogP contribution is -2.17. The Morgan fingerprint density at radius 1 is 1.13 bits per heavy atom. The fraction of sp³-hybridized carbons (Fsp3) is 0.0909. The number of rotatable bonds is 6. The third-order valence-electron chi connectivity index (χ3n) is 4.38. The van der Waals surface area contributed by atoms with E-state index in [1.807, 2.05) is 24.3 Å². The van der Waals surface area contributed by atoms with Crippen molar-refractivity contribution in [2.45, 2.75) is 6.54 Å². The molecule has 0 atom stereocenters.